The highest BCUT2D eigenvalue weighted by molar-refractivity contribution is 6.29. The smallest absolute Gasteiger partial charge is 0.161 e. The number of hydrogen-bond donors (Lipinski definition) is 0. The van der Waals surface area contributed by atoms with Crippen LogP contribution in [0, 0.1) is 0 Å². The molecule has 0 aliphatic rings. The van der Waals surface area contributed by atoms with E-state index in [2.05, 4.69) is 30.7 Å². The molecule has 15 heavy (non-hydrogen) atoms. The molecule has 0 unspecified atom stereocenters. The summed E-state index contributed by atoms with van der Waals surface area (Å²) in [5.74, 6) is 1.02. The van der Waals surface area contributed by atoms with Gasteiger partial charge in [-0.15, -0.1) is 0 Å². The molecule has 2 heterocycles. The summed E-state index contributed by atoms with van der Waals surface area (Å²) in [6.07, 6.45) is 0. The normalized spacial score (nSPS) is 12.3. The van der Waals surface area contributed by atoms with Gasteiger partial charge >= 0.3 is 0 Å². The second-order valence-corrected chi connectivity index (χ2v) is 5.11. The molecule has 0 N–H and O–H groups in total. The zero-order chi connectivity index (χ0) is 11.2. The van der Waals surface area contributed by atoms with E-state index in [0.29, 0.717) is 5.15 Å². The zero-order valence-electron chi connectivity index (χ0n) is 9.37. The Morgan fingerprint density at radius 2 is 1.87 bits per heavy atom. The monoisotopic (exact) mass is 223 g/mol. The molecular weight excluding hydrogens is 210 g/mol. The molecule has 4 heteroatoms. The van der Waals surface area contributed by atoms with Crippen molar-refractivity contribution in [2.45, 2.75) is 26.2 Å². The number of hydrogen-bond acceptors (Lipinski definition) is 2. The van der Waals surface area contributed by atoms with E-state index in [1.165, 1.54) is 0 Å². The Morgan fingerprint density at radius 1 is 1.20 bits per heavy atom. The Balaban J connectivity index is 2.76. The molecule has 2 aromatic rings. The Labute approximate surface area is 94.1 Å². The maximum atomic E-state index is 5.86. The van der Waals surface area contributed by atoms with E-state index in [-0.39, 0.29) is 5.41 Å². The number of aromatic nitrogens is 3. The van der Waals surface area contributed by atoms with Crippen molar-refractivity contribution in [3.63, 3.8) is 0 Å². The highest BCUT2D eigenvalue weighted by Crippen LogP contribution is 2.24. The molecule has 0 aliphatic heterocycles. The van der Waals surface area contributed by atoms with Crippen molar-refractivity contribution in [2.24, 2.45) is 7.05 Å². The van der Waals surface area contributed by atoms with Crippen LogP contribution in [0.1, 0.15) is 26.6 Å². The number of halogens is 1. The van der Waals surface area contributed by atoms with Crippen LogP contribution >= 0.6 is 11.6 Å². The molecule has 0 bridgehead atoms. The van der Waals surface area contributed by atoms with Crippen LogP contribution in [0.2, 0.25) is 5.15 Å². The lowest BCUT2D eigenvalue weighted by Gasteiger charge is -2.17. The van der Waals surface area contributed by atoms with Gasteiger partial charge in [0.25, 0.3) is 0 Å². The van der Waals surface area contributed by atoms with Crippen LogP contribution in [0.3, 0.4) is 0 Å². The summed E-state index contributed by atoms with van der Waals surface area (Å²) < 4.78 is 2.00. The summed E-state index contributed by atoms with van der Waals surface area (Å²) in [7, 11) is 1.97. The molecule has 0 saturated heterocycles. The van der Waals surface area contributed by atoms with Crippen molar-refractivity contribution in [1.29, 1.82) is 0 Å². The predicted molar refractivity (Wildman–Crippen MR) is 62.2 cm³/mol. The molecule has 2 rings (SSSR count). The lowest BCUT2D eigenvalue weighted by Crippen LogP contribution is -2.17. The Bertz CT molecular complexity index is 508. The average Bonchev–Trinajstić information content (AvgIpc) is 2.43. The van der Waals surface area contributed by atoms with Gasteiger partial charge in [-0.3, -0.25) is 0 Å². The molecule has 0 aliphatic carbocycles. The zero-order valence-corrected chi connectivity index (χ0v) is 10.1. The summed E-state index contributed by atoms with van der Waals surface area (Å²) in [6.45, 7) is 6.40. The molecule has 80 valence electrons. The fourth-order valence-corrected chi connectivity index (χ4v) is 1.86. The predicted octanol–water partition coefficient (Wildman–Crippen LogP) is 2.92. The maximum absolute atomic E-state index is 5.86. The van der Waals surface area contributed by atoms with Crippen LogP contribution in [0.25, 0.3) is 11.2 Å². The van der Waals surface area contributed by atoms with E-state index in [1.54, 1.807) is 6.07 Å². The van der Waals surface area contributed by atoms with Gasteiger partial charge in [0, 0.05) is 12.5 Å². The van der Waals surface area contributed by atoms with E-state index >= 15 is 0 Å². The number of imidazole rings is 1. The van der Waals surface area contributed by atoms with Crippen molar-refractivity contribution in [1.82, 2.24) is 14.5 Å². The minimum Gasteiger partial charge on any atom is -0.315 e. The molecule has 0 aromatic carbocycles. The lowest BCUT2D eigenvalue weighted by atomic mass is 9.96. The molecule has 0 amide bonds. The summed E-state index contributed by atoms with van der Waals surface area (Å²) in [5, 5.41) is 0.506. The van der Waals surface area contributed by atoms with Crippen LogP contribution in [0.5, 0.6) is 0 Å². The van der Waals surface area contributed by atoms with Crippen molar-refractivity contribution in [2.75, 3.05) is 0 Å². The summed E-state index contributed by atoms with van der Waals surface area (Å²) in [5.41, 5.74) is 1.75. The van der Waals surface area contributed by atoms with Gasteiger partial charge in [0.05, 0.1) is 0 Å². The van der Waals surface area contributed by atoms with E-state index in [4.69, 9.17) is 11.6 Å². The number of rotatable bonds is 0. The Kier molecular flexibility index (Phi) is 2.23. The number of nitrogens with zero attached hydrogens (tertiary/aromatic N) is 3. The van der Waals surface area contributed by atoms with Crippen molar-refractivity contribution in [3.05, 3.63) is 23.1 Å². The van der Waals surface area contributed by atoms with Crippen molar-refractivity contribution < 1.29 is 0 Å². The maximum Gasteiger partial charge on any atom is 0.161 e. The number of aryl methyl sites for hydroxylation is 1. The SMILES string of the molecule is Cn1c(C(C)(C)C)nc2ccc(Cl)nc21. The molecule has 2 aromatic heterocycles. The van der Waals surface area contributed by atoms with Crippen LogP contribution in [0.15, 0.2) is 12.1 Å². The topological polar surface area (TPSA) is 30.7 Å². The first kappa shape index (κ1) is 10.4. The van der Waals surface area contributed by atoms with Gasteiger partial charge < -0.3 is 4.57 Å². The second-order valence-electron chi connectivity index (χ2n) is 4.72. The Hall–Kier alpha value is -1.09. The van der Waals surface area contributed by atoms with E-state index in [1.807, 2.05) is 17.7 Å². The first-order valence-corrected chi connectivity index (χ1v) is 5.27. The molecule has 3 nitrogen and oxygen atoms in total. The molecule has 0 fully saturated rings. The first-order valence-electron chi connectivity index (χ1n) is 4.89. The van der Waals surface area contributed by atoms with Gasteiger partial charge in [0.1, 0.15) is 16.5 Å². The third-order valence-corrected chi connectivity index (χ3v) is 2.56. The number of fused-ring (bicyclic) bond motifs is 1. The van der Waals surface area contributed by atoms with Gasteiger partial charge in [0.2, 0.25) is 0 Å². The summed E-state index contributed by atoms with van der Waals surface area (Å²) >= 11 is 5.86. The summed E-state index contributed by atoms with van der Waals surface area (Å²) in [4.78, 5) is 8.84. The van der Waals surface area contributed by atoms with Gasteiger partial charge in [0.15, 0.2) is 5.65 Å². The van der Waals surface area contributed by atoms with E-state index in [0.717, 1.165) is 17.0 Å². The quantitative estimate of drug-likeness (QED) is 0.643. The molecular formula is C11H14ClN3. The largest absolute Gasteiger partial charge is 0.315 e. The lowest BCUT2D eigenvalue weighted by molar-refractivity contribution is 0.526. The van der Waals surface area contributed by atoms with Gasteiger partial charge in [-0.05, 0) is 12.1 Å². The fraction of sp³-hybridized carbons (Fsp3) is 0.455. The molecule has 0 spiro atoms. The van der Waals surface area contributed by atoms with Crippen LogP contribution in [-0.2, 0) is 12.5 Å². The van der Waals surface area contributed by atoms with Gasteiger partial charge in [-0.2, -0.15) is 0 Å². The second kappa shape index (κ2) is 3.20. The standard InChI is InChI=1S/C11H14ClN3/c1-11(2,3)10-13-7-5-6-8(12)14-9(7)15(10)4/h5-6H,1-4H3. The van der Waals surface area contributed by atoms with Crippen LogP contribution in [-0.4, -0.2) is 14.5 Å². The Morgan fingerprint density at radius 3 is 2.47 bits per heavy atom. The van der Waals surface area contributed by atoms with Gasteiger partial charge in [-0.1, -0.05) is 32.4 Å². The molecule has 0 radical (unpaired) electrons. The third-order valence-electron chi connectivity index (χ3n) is 2.35. The molecule has 0 atom stereocenters. The third kappa shape index (κ3) is 1.72. The van der Waals surface area contributed by atoms with Crippen LogP contribution < -0.4 is 0 Å². The minimum atomic E-state index is 0.0158. The average molecular weight is 224 g/mol. The molecule has 0 saturated carbocycles. The summed E-state index contributed by atoms with van der Waals surface area (Å²) in [6, 6.07) is 3.67. The highest BCUT2D eigenvalue weighted by atomic mass is 35.5. The van der Waals surface area contributed by atoms with Gasteiger partial charge in [-0.25, -0.2) is 9.97 Å². The first-order chi connectivity index (χ1) is 6.89. The van der Waals surface area contributed by atoms with Crippen molar-refractivity contribution in [3.8, 4) is 0 Å². The van der Waals surface area contributed by atoms with Crippen molar-refractivity contribution >= 4 is 22.8 Å². The van der Waals surface area contributed by atoms with Crippen LogP contribution in [0.4, 0.5) is 0 Å². The minimum absolute atomic E-state index is 0.0158. The number of pyridine rings is 1. The highest BCUT2D eigenvalue weighted by Gasteiger charge is 2.21. The fourth-order valence-electron chi connectivity index (χ4n) is 1.71. The van der Waals surface area contributed by atoms with E-state index in [9.17, 15) is 0 Å². The van der Waals surface area contributed by atoms with E-state index < -0.39 is 0 Å².